The van der Waals surface area contributed by atoms with E-state index in [1.807, 2.05) is 26.4 Å². The monoisotopic (exact) mass is 469 g/mol. The molecule has 2 aromatic heterocycles. The first-order chi connectivity index (χ1) is 16.1. The molecule has 2 heterocycles. The van der Waals surface area contributed by atoms with Gasteiger partial charge in [0.15, 0.2) is 0 Å². The number of nitrogens with zero attached hydrogens (tertiary/aromatic N) is 3. The average Bonchev–Trinajstić information content (AvgIpc) is 3.47. The molecule has 1 amide bonds. The molecule has 0 unspecified atom stereocenters. The van der Waals surface area contributed by atoms with Gasteiger partial charge in [-0.05, 0) is 76.0 Å². The number of halogens is 2. The van der Waals surface area contributed by atoms with Crippen molar-refractivity contribution in [3.8, 4) is 0 Å². The van der Waals surface area contributed by atoms with Crippen LogP contribution in [0.4, 0.5) is 8.78 Å². The lowest BCUT2D eigenvalue weighted by Gasteiger charge is -2.32. The molecule has 4 rings (SSSR count). The van der Waals surface area contributed by atoms with Crippen LogP contribution in [0.2, 0.25) is 0 Å². The molecule has 0 bridgehead atoms. The molecule has 6 nitrogen and oxygen atoms in total. The maximum absolute atomic E-state index is 14.6. The zero-order valence-corrected chi connectivity index (χ0v) is 20.2. The van der Waals surface area contributed by atoms with E-state index < -0.39 is 17.3 Å². The third kappa shape index (κ3) is 4.82. The van der Waals surface area contributed by atoms with Crippen LogP contribution >= 0.6 is 0 Å². The number of alkyl halides is 2. The van der Waals surface area contributed by atoms with Gasteiger partial charge in [-0.3, -0.25) is 14.9 Å². The Morgan fingerprint density at radius 2 is 2.03 bits per heavy atom. The molecule has 0 radical (unpaired) electrons. The number of aromatic amines is 1. The standard InChI is InChI=1S/C26H33F2N5O/c1-17-18(7-8-23-21(17)16-31-32-23)12-20(33(3)4)15-30-24(34)13-22(19-6-5-11-29-14-19)26(9-10-26)25(2,27)28/h5-8,11,14,16,20,22H,9-10,12-13,15H2,1-4H3,(H,30,34)(H,31,32)/t20-,22+/m0/s1. The van der Waals surface area contributed by atoms with Gasteiger partial charge in [-0.15, -0.1) is 0 Å². The first-order valence-electron chi connectivity index (χ1n) is 11.7. The Hall–Kier alpha value is -2.87. The summed E-state index contributed by atoms with van der Waals surface area (Å²) in [5.41, 5.74) is 2.88. The van der Waals surface area contributed by atoms with E-state index in [9.17, 15) is 13.6 Å². The number of H-pyrrole nitrogens is 1. The molecule has 0 spiro atoms. The number of aryl methyl sites for hydroxylation is 1. The van der Waals surface area contributed by atoms with Crippen LogP contribution < -0.4 is 5.32 Å². The van der Waals surface area contributed by atoms with E-state index in [2.05, 4.69) is 38.4 Å². The van der Waals surface area contributed by atoms with E-state index in [1.54, 1.807) is 24.5 Å². The summed E-state index contributed by atoms with van der Waals surface area (Å²) in [7, 11) is 3.97. The number of aromatic nitrogens is 3. The molecule has 1 aliphatic rings. The van der Waals surface area contributed by atoms with Crippen LogP contribution in [-0.2, 0) is 11.2 Å². The lowest BCUT2D eigenvalue weighted by molar-refractivity contribution is -0.123. The molecule has 1 aromatic carbocycles. The van der Waals surface area contributed by atoms with Crippen molar-refractivity contribution in [3.05, 3.63) is 59.5 Å². The van der Waals surface area contributed by atoms with Crippen LogP contribution in [0.15, 0.2) is 42.9 Å². The minimum Gasteiger partial charge on any atom is -0.355 e. The van der Waals surface area contributed by atoms with Crippen LogP contribution in [0.5, 0.6) is 0 Å². The zero-order chi connectivity index (χ0) is 24.5. The second-order valence-electron chi connectivity index (χ2n) is 9.89. The Bertz CT molecular complexity index is 1140. The average molecular weight is 470 g/mol. The normalized spacial score (nSPS) is 17.0. The third-order valence-electron chi connectivity index (χ3n) is 7.53. The largest absolute Gasteiger partial charge is 0.355 e. The second-order valence-corrected chi connectivity index (χ2v) is 9.89. The highest BCUT2D eigenvalue weighted by atomic mass is 19.3. The maximum atomic E-state index is 14.6. The molecule has 2 N–H and O–H groups in total. The number of carbonyl (C=O) groups excluding carboxylic acids is 1. The van der Waals surface area contributed by atoms with Gasteiger partial charge < -0.3 is 10.2 Å². The van der Waals surface area contributed by atoms with Crippen LogP contribution in [0.3, 0.4) is 0 Å². The fourth-order valence-electron chi connectivity index (χ4n) is 5.05. The van der Waals surface area contributed by atoms with Crippen molar-refractivity contribution in [2.75, 3.05) is 20.6 Å². The van der Waals surface area contributed by atoms with Crippen molar-refractivity contribution in [3.63, 3.8) is 0 Å². The number of carbonyl (C=O) groups is 1. The molecular formula is C26H33F2N5O. The fraction of sp³-hybridized carbons (Fsp3) is 0.500. The molecule has 182 valence electrons. The molecule has 8 heteroatoms. The molecule has 34 heavy (non-hydrogen) atoms. The van der Waals surface area contributed by atoms with Gasteiger partial charge in [0, 0.05) is 48.1 Å². The minimum absolute atomic E-state index is 0.0231. The lowest BCUT2D eigenvalue weighted by Crippen LogP contribution is -2.43. The number of pyridine rings is 1. The number of rotatable bonds is 10. The van der Waals surface area contributed by atoms with E-state index in [4.69, 9.17) is 0 Å². The zero-order valence-electron chi connectivity index (χ0n) is 20.2. The summed E-state index contributed by atoms with van der Waals surface area (Å²) in [6, 6.07) is 7.71. The van der Waals surface area contributed by atoms with Gasteiger partial charge in [0.2, 0.25) is 5.91 Å². The Balaban J connectivity index is 1.45. The van der Waals surface area contributed by atoms with Gasteiger partial charge in [-0.2, -0.15) is 5.10 Å². The smallest absolute Gasteiger partial charge is 0.251 e. The molecule has 1 fully saturated rings. The Morgan fingerprint density at radius 3 is 2.65 bits per heavy atom. The number of nitrogens with one attached hydrogen (secondary N) is 2. The van der Waals surface area contributed by atoms with Crippen molar-refractivity contribution in [2.45, 2.75) is 57.4 Å². The van der Waals surface area contributed by atoms with Crippen LogP contribution in [0.1, 0.15) is 48.8 Å². The van der Waals surface area contributed by atoms with Gasteiger partial charge in [0.25, 0.3) is 5.92 Å². The summed E-state index contributed by atoms with van der Waals surface area (Å²) in [5.74, 6) is -3.63. The van der Waals surface area contributed by atoms with Crippen LogP contribution in [0.25, 0.3) is 10.9 Å². The first kappa shape index (κ1) is 24.3. The van der Waals surface area contributed by atoms with Crippen molar-refractivity contribution >= 4 is 16.8 Å². The lowest BCUT2D eigenvalue weighted by atomic mass is 9.77. The SMILES string of the molecule is Cc1c(C[C@@H](CNC(=O)C[C@H](c2cccnc2)C2(C(C)(F)F)CC2)N(C)C)ccc2[nH]ncc12. The molecule has 2 atom stereocenters. The number of hydrogen-bond donors (Lipinski definition) is 2. The van der Waals surface area contributed by atoms with Gasteiger partial charge in [0.05, 0.1) is 11.7 Å². The number of benzene rings is 1. The third-order valence-corrected chi connectivity index (χ3v) is 7.53. The van der Waals surface area contributed by atoms with Crippen LogP contribution in [0, 0.1) is 12.3 Å². The summed E-state index contributed by atoms with van der Waals surface area (Å²) < 4.78 is 29.1. The number of fused-ring (bicyclic) bond motifs is 1. The Morgan fingerprint density at radius 1 is 1.26 bits per heavy atom. The number of likely N-dealkylation sites (N-methyl/N-ethyl adjacent to an activating group) is 1. The van der Waals surface area contributed by atoms with Gasteiger partial charge in [-0.25, -0.2) is 8.78 Å². The maximum Gasteiger partial charge on any atom is 0.251 e. The van der Waals surface area contributed by atoms with Crippen molar-refractivity contribution in [1.82, 2.24) is 25.4 Å². The van der Waals surface area contributed by atoms with Gasteiger partial charge in [-0.1, -0.05) is 12.1 Å². The van der Waals surface area contributed by atoms with E-state index in [0.717, 1.165) is 24.2 Å². The molecule has 1 saturated carbocycles. The van der Waals surface area contributed by atoms with E-state index in [-0.39, 0.29) is 18.4 Å². The molecular weight excluding hydrogens is 436 g/mol. The van der Waals surface area contributed by atoms with Crippen molar-refractivity contribution in [1.29, 1.82) is 0 Å². The van der Waals surface area contributed by atoms with Crippen LogP contribution in [-0.4, -0.2) is 58.6 Å². The predicted molar refractivity (Wildman–Crippen MR) is 129 cm³/mol. The molecule has 0 saturated heterocycles. The fourth-order valence-corrected chi connectivity index (χ4v) is 5.05. The summed E-state index contributed by atoms with van der Waals surface area (Å²) in [5, 5.41) is 11.2. The number of hydrogen-bond acceptors (Lipinski definition) is 4. The minimum atomic E-state index is -2.86. The Labute approximate surface area is 199 Å². The van der Waals surface area contributed by atoms with Gasteiger partial charge in [0.1, 0.15) is 0 Å². The molecule has 1 aliphatic carbocycles. The summed E-state index contributed by atoms with van der Waals surface area (Å²) in [6.07, 6.45) is 6.67. The summed E-state index contributed by atoms with van der Waals surface area (Å²) in [6.45, 7) is 3.49. The highest BCUT2D eigenvalue weighted by Crippen LogP contribution is 2.65. The van der Waals surface area contributed by atoms with E-state index in [0.29, 0.717) is 24.9 Å². The molecule has 3 aromatic rings. The predicted octanol–water partition coefficient (Wildman–Crippen LogP) is 4.46. The highest BCUT2D eigenvalue weighted by molar-refractivity contribution is 5.82. The summed E-state index contributed by atoms with van der Waals surface area (Å²) >= 11 is 0. The van der Waals surface area contributed by atoms with E-state index >= 15 is 0 Å². The topological polar surface area (TPSA) is 73.9 Å². The van der Waals surface area contributed by atoms with Crippen molar-refractivity contribution in [2.24, 2.45) is 5.41 Å². The van der Waals surface area contributed by atoms with Gasteiger partial charge >= 0.3 is 0 Å². The second kappa shape index (κ2) is 9.41. The van der Waals surface area contributed by atoms with E-state index in [1.165, 1.54) is 11.1 Å². The Kier molecular flexibility index (Phi) is 6.71. The quantitative estimate of drug-likeness (QED) is 0.460. The van der Waals surface area contributed by atoms with Crippen molar-refractivity contribution < 1.29 is 13.6 Å². The highest BCUT2D eigenvalue weighted by Gasteiger charge is 2.63. The summed E-state index contributed by atoms with van der Waals surface area (Å²) in [4.78, 5) is 19.2. The number of amides is 1. The first-order valence-corrected chi connectivity index (χ1v) is 11.7. The molecule has 0 aliphatic heterocycles.